The molecule has 0 radical (unpaired) electrons. The number of likely N-dealkylation sites (N-methyl/N-ethyl adjacent to an activating group) is 1. The third-order valence-corrected chi connectivity index (χ3v) is 3.58. The lowest BCUT2D eigenvalue weighted by molar-refractivity contribution is 0.102. The van der Waals surface area contributed by atoms with Crippen LogP contribution in [0, 0.1) is 5.92 Å². The molecule has 0 saturated carbocycles. The molecule has 0 aliphatic heterocycles. The van der Waals surface area contributed by atoms with Crippen molar-refractivity contribution in [2.24, 2.45) is 5.92 Å². The fraction of sp³-hybridized carbons (Fsp3) is 0.350. The molecule has 0 bridgehead atoms. The van der Waals surface area contributed by atoms with Crippen molar-refractivity contribution in [3.05, 3.63) is 59.7 Å². The number of benzene rings is 2. The first-order chi connectivity index (χ1) is 11.6. The van der Waals surface area contributed by atoms with Crippen LogP contribution in [-0.2, 0) is 6.42 Å². The second-order valence-corrected chi connectivity index (χ2v) is 6.20. The molecule has 0 saturated heterocycles. The molecule has 2 aromatic rings. The van der Waals surface area contributed by atoms with Crippen molar-refractivity contribution >= 4 is 11.6 Å². The minimum Gasteiger partial charge on any atom is -0.493 e. The van der Waals surface area contributed by atoms with Gasteiger partial charge in [0.15, 0.2) is 0 Å². The average molecular weight is 326 g/mol. The van der Waals surface area contributed by atoms with Crippen LogP contribution in [0.5, 0.6) is 5.75 Å². The summed E-state index contributed by atoms with van der Waals surface area (Å²) in [6, 6.07) is 15.2. The molecular weight excluding hydrogens is 300 g/mol. The smallest absolute Gasteiger partial charge is 0.255 e. The number of nitrogens with one attached hydrogen (secondary N) is 2. The van der Waals surface area contributed by atoms with Crippen molar-refractivity contribution in [1.29, 1.82) is 0 Å². The maximum Gasteiger partial charge on any atom is 0.255 e. The first-order valence-electron chi connectivity index (χ1n) is 8.37. The highest BCUT2D eigenvalue weighted by Crippen LogP contribution is 2.19. The Kier molecular flexibility index (Phi) is 6.82. The Labute approximate surface area is 144 Å². The maximum atomic E-state index is 12.6. The summed E-state index contributed by atoms with van der Waals surface area (Å²) in [4.78, 5) is 12.6. The monoisotopic (exact) mass is 326 g/mol. The van der Waals surface area contributed by atoms with Gasteiger partial charge in [-0.3, -0.25) is 4.79 Å². The van der Waals surface area contributed by atoms with Crippen molar-refractivity contribution in [3.63, 3.8) is 0 Å². The van der Waals surface area contributed by atoms with Gasteiger partial charge in [-0.1, -0.05) is 38.1 Å². The number of rotatable bonds is 8. The molecule has 2 N–H and O–H groups in total. The number of hydrogen-bond acceptors (Lipinski definition) is 3. The molecule has 24 heavy (non-hydrogen) atoms. The molecule has 0 spiro atoms. The Morgan fingerprint density at radius 1 is 1.12 bits per heavy atom. The molecular formula is C20H26N2O2. The molecule has 128 valence electrons. The maximum absolute atomic E-state index is 12.6. The zero-order chi connectivity index (χ0) is 17.4. The Morgan fingerprint density at radius 2 is 1.92 bits per heavy atom. The van der Waals surface area contributed by atoms with Crippen LogP contribution >= 0.6 is 0 Å². The van der Waals surface area contributed by atoms with Crippen molar-refractivity contribution in [2.75, 3.05) is 25.5 Å². The van der Waals surface area contributed by atoms with Gasteiger partial charge in [-0.25, -0.2) is 0 Å². The minimum absolute atomic E-state index is 0.0947. The second-order valence-electron chi connectivity index (χ2n) is 6.20. The molecule has 2 aromatic carbocycles. The number of carbonyl (C=O) groups excluding carboxylic acids is 1. The lowest BCUT2D eigenvalue weighted by Gasteiger charge is -2.12. The molecule has 4 heteroatoms. The average Bonchev–Trinajstić information content (AvgIpc) is 2.58. The highest BCUT2D eigenvalue weighted by atomic mass is 16.5. The zero-order valence-corrected chi connectivity index (χ0v) is 14.6. The van der Waals surface area contributed by atoms with Crippen LogP contribution < -0.4 is 15.4 Å². The fourth-order valence-electron chi connectivity index (χ4n) is 2.34. The van der Waals surface area contributed by atoms with Crippen LogP contribution in [0.2, 0.25) is 0 Å². The summed E-state index contributed by atoms with van der Waals surface area (Å²) in [6.07, 6.45) is 0.817. The van der Waals surface area contributed by atoms with E-state index in [0.717, 1.165) is 30.0 Å². The summed E-state index contributed by atoms with van der Waals surface area (Å²) in [5.41, 5.74) is 2.49. The van der Waals surface area contributed by atoms with Crippen LogP contribution in [0.25, 0.3) is 0 Å². The van der Waals surface area contributed by atoms with E-state index in [1.54, 1.807) is 0 Å². The van der Waals surface area contributed by atoms with Gasteiger partial charge < -0.3 is 15.4 Å². The van der Waals surface area contributed by atoms with Crippen LogP contribution in [0.4, 0.5) is 5.69 Å². The molecule has 0 atom stereocenters. The predicted molar refractivity (Wildman–Crippen MR) is 98.8 cm³/mol. The molecule has 0 aliphatic carbocycles. The summed E-state index contributed by atoms with van der Waals surface area (Å²) in [5, 5.41) is 6.08. The van der Waals surface area contributed by atoms with E-state index < -0.39 is 0 Å². The highest BCUT2D eigenvalue weighted by Gasteiger charge is 2.11. The van der Waals surface area contributed by atoms with Crippen molar-refractivity contribution in [1.82, 2.24) is 5.32 Å². The van der Waals surface area contributed by atoms with E-state index in [9.17, 15) is 4.79 Å². The first kappa shape index (κ1) is 18.0. The van der Waals surface area contributed by atoms with Crippen LogP contribution in [-0.4, -0.2) is 26.1 Å². The lowest BCUT2D eigenvalue weighted by atomic mass is 10.0. The molecule has 0 aliphatic rings. The molecule has 2 rings (SSSR count). The Bertz CT molecular complexity index is 668. The van der Waals surface area contributed by atoms with Crippen LogP contribution in [0.3, 0.4) is 0 Å². The first-order valence-corrected chi connectivity index (χ1v) is 8.37. The Hall–Kier alpha value is -2.33. The molecule has 0 aromatic heterocycles. The third-order valence-electron chi connectivity index (χ3n) is 3.58. The summed E-state index contributed by atoms with van der Waals surface area (Å²) < 4.78 is 5.71. The van der Waals surface area contributed by atoms with Gasteiger partial charge >= 0.3 is 0 Å². The van der Waals surface area contributed by atoms with Crippen LogP contribution in [0.15, 0.2) is 48.5 Å². The van der Waals surface area contributed by atoms with E-state index in [4.69, 9.17) is 4.74 Å². The topological polar surface area (TPSA) is 50.4 Å². The SMILES string of the molecule is CNCCc1ccccc1C(=O)Nc1cccc(OCC(C)C)c1. The van der Waals surface area contributed by atoms with Gasteiger partial charge in [0.25, 0.3) is 5.91 Å². The number of hydrogen-bond donors (Lipinski definition) is 2. The number of anilines is 1. The summed E-state index contributed by atoms with van der Waals surface area (Å²) >= 11 is 0. The zero-order valence-electron chi connectivity index (χ0n) is 14.6. The van der Waals surface area contributed by atoms with E-state index in [-0.39, 0.29) is 5.91 Å². The van der Waals surface area contributed by atoms with Crippen molar-refractivity contribution in [3.8, 4) is 5.75 Å². The van der Waals surface area contributed by atoms with E-state index in [2.05, 4.69) is 24.5 Å². The molecule has 4 nitrogen and oxygen atoms in total. The van der Waals surface area contributed by atoms with E-state index in [1.807, 2.05) is 55.6 Å². The predicted octanol–water partition coefficient (Wildman–Crippen LogP) is 3.74. The van der Waals surface area contributed by atoms with Crippen molar-refractivity contribution < 1.29 is 9.53 Å². The van der Waals surface area contributed by atoms with Gasteiger partial charge in [0.1, 0.15) is 5.75 Å². The third kappa shape index (κ3) is 5.39. The highest BCUT2D eigenvalue weighted by molar-refractivity contribution is 6.05. The number of amides is 1. The van der Waals surface area contributed by atoms with Gasteiger partial charge in [0, 0.05) is 17.3 Å². The van der Waals surface area contributed by atoms with E-state index in [0.29, 0.717) is 18.1 Å². The molecule has 1 amide bonds. The number of carbonyl (C=O) groups is 1. The normalized spacial score (nSPS) is 10.7. The molecule has 0 fully saturated rings. The van der Waals surface area contributed by atoms with Crippen LogP contribution in [0.1, 0.15) is 29.8 Å². The Morgan fingerprint density at radius 3 is 2.67 bits per heavy atom. The second kappa shape index (κ2) is 9.08. The summed E-state index contributed by atoms with van der Waals surface area (Å²) in [7, 11) is 1.91. The molecule has 0 unspecified atom stereocenters. The standard InChI is InChI=1S/C20H26N2O2/c1-15(2)14-24-18-9-6-8-17(13-18)22-20(23)19-10-5-4-7-16(19)11-12-21-3/h4-10,13,15,21H,11-12,14H2,1-3H3,(H,22,23). The summed E-state index contributed by atoms with van der Waals surface area (Å²) in [5.74, 6) is 1.13. The van der Waals surface area contributed by atoms with Gasteiger partial charge in [0.2, 0.25) is 0 Å². The van der Waals surface area contributed by atoms with Gasteiger partial charge in [0.05, 0.1) is 6.61 Å². The minimum atomic E-state index is -0.0947. The van der Waals surface area contributed by atoms with E-state index in [1.165, 1.54) is 0 Å². The van der Waals surface area contributed by atoms with Gasteiger partial charge in [-0.05, 0) is 49.7 Å². The Balaban J connectivity index is 2.08. The quantitative estimate of drug-likeness (QED) is 0.777. The lowest BCUT2D eigenvalue weighted by Crippen LogP contribution is -2.17. The van der Waals surface area contributed by atoms with Gasteiger partial charge in [-0.2, -0.15) is 0 Å². The fourth-order valence-corrected chi connectivity index (χ4v) is 2.34. The van der Waals surface area contributed by atoms with Crippen molar-refractivity contribution in [2.45, 2.75) is 20.3 Å². The largest absolute Gasteiger partial charge is 0.493 e. The number of ether oxygens (including phenoxy) is 1. The molecule has 0 heterocycles. The van der Waals surface area contributed by atoms with Gasteiger partial charge in [-0.15, -0.1) is 0 Å². The van der Waals surface area contributed by atoms with E-state index >= 15 is 0 Å². The summed E-state index contributed by atoms with van der Waals surface area (Å²) in [6.45, 7) is 5.70.